The van der Waals surface area contributed by atoms with Gasteiger partial charge in [-0.2, -0.15) is 0 Å². The van der Waals surface area contributed by atoms with Crippen molar-refractivity contribution in [3.63, 3.8) is 0 Å². The smallest absolute Gasteiger partial charge is 0.303 e. The van der Waals surface area contributed by atoms with Crippen LogP contribution in [0.5, 0.6) is 0 Å². The molecular weight excluding hydrogens is 477 g/mol. The quantitative estimate of drug-likeness (QED) is 0.123. The zero-order chi connectivity index (χ0) is 24.6. The van der Waals surface area contributed by atoms with E-state index in [9.17, 15) is 4.79 Å². The predicted molar refractivity (Wildman–Crippen MR) is 155 cm³/mol. The summed E-state index contributed by atoms with van der Waals surface area (Å²) in [6.07, 6.45) is 20.2. The lowest BCUT2D eigenvalue weighted by molar-refractivity contribution is -0.137. The monoisotopic (exact) mass is 524 g/mol. The van der Waals surface area contributed by atoms with Gasteiger partial charge in [-0.1, -0.05) is 121 Å². The van der Waals surface area contributed by atoms with Crippen LogP contribution in [0.25, 0.3) is 0 Å². The zero-order valence-electron chi connectivity index (χ0n) is 21.2. The highest BCUT2D eigenvalue weighted by atomic mass is 33.1. The first-order valence-corrected chi connectivity index (χ1v) is 15.2. The van der Waals surface area contributed by atoms with Crippen LogP contribution >= 0.6 is 46.0 Å². The molecular formula is C24H48N2O2S4. The predicted octanol–water partition coefficient (Wildman–Crippen LogP) is 8.39. The van der Waals surface area contributed by atoms with Crippen molar-refractivity contribution in [1.29, 1.82) is 0 Å². The summed E-state index contributed by atoms with van der Waals surface area (Å²) in [5.41, 5.74) is 0. The number of carboxylic acid groups (broad SMARTS) is 1. The minimum Gasteiger partial charge on any atom is -0.481 e. The number of hydrogen-bond acceptors (Lipinski definition) is 5. The van der Waals surface area contributed by atoms with Gasteiger partial charge in [0.2, 0.25) is 0 Å². The van der Waals surface area contributed by atoms with Gasteiger partial charge in [-0.3, -0.25) is 4.79 Å². The van der Waals surface area contributed by atoms with E-state index in [0.717, 1.165) is 21.5 Å². The minimum atomic E-state index is -0.653. The van der Waals surface area contributed by atoms with Crippen LogP contribution in [0.4, 0.5) is 0 Å². The van der Waals surface area contributed by atoms with Crippen LogP contribution in [0.2, 0.25) is 0 Å². The number of aliphatic carboxylic acids is 1. The minimum absolute atomic E-state index is 0.345. The Hall–Kier alpha value is -0.0500. The molecule has 0 saturated heterocycles. The highest BCUT2D eigenvalue weighted by Crippen LogP contribution is 2.26. The maximum atomic E-state index is 10.3. The number of thiocarbonyl (C=S) groups is 2. The van der Waals surface area contributed by atoms with E-state index in [0.29, 0.717) is 6.42 Å². The van der Waals surface area contributed by atoms with Crippen molar-refractivity contribution in [2.45, 2.75) is 110 Å². The molecule has 0 aromatic heterocycles. The zero-order valence-corrected chi connectivity index (χ0v) is 24.5. The number of nitrogens with zero attached hydrogens (tertiary/aromatic N) is 2. The van der Waals surface area contributed by atoms with Crippen LogP contribution in [-0.2, 0) is 4.79 Å². The van der Waals surface area contributed by atoms with E-state index in [-0.39, 0.29) is 0 Å². The molecule has 0 radical (unpaired) electrons. The molecule has 190 valence electrons. The molecule has 0 saturated carbocycles. The molecule has 0 rings (SSSR count). The summed E-state index contributed by atoms with van der Waals surface area (Å²) in [5.74, 6) is -0.653. The number of carbonyl (C=O) groups is 1. The molecule has 0 spiro atoms. The molecule has 0 unspecified atom stereocenters. The van der Waals surface area contributed by atoms with E-state index >= 15 is 0 Å². The fraction of sp³-hybridized carbons (Fsp3) is 0.875. The number of carboxylic acids is 1. The maximum Gasteiger partial charge on any atom is 0.303 e. The third-order valence-corrected chi connectivity index (χ3v) is 9.07. The van der Waals surface area contributed by atoms with Gasteiger partial charge >= 0.3 is 5.97 Å². The van der Waals surface area contributed by atoms with Crippen LogP contribution in [-0.4, -0.2) is 57.7 Å². The number of hydrogen-bond donors (Lipinski definition) is 1. The average Bonchev–Trinajstić information content (AvgIpc) is 2.74. The second-order valence-corrected chi connectivity index (χ2v) is 12.0. The van der Waals surface area contributed by atoms with E-state index < -0.39 is 5.97 Å². The molecule has 1 N–H and O–H groups in total. The van der Waals surface area contributed by atoms with Crippen molar-refractivity contribution < 1.29 is 9.90 Å². The Bertz CT molecular complexity index is 455. The normalized spacial score (nSPS) is 10.3. The first-order chi connectivity index (χ1) is 15.2. The SMILES string of the molecule is CCCCCCCCCCCCCCCCCC(=O)O.CN(C)C(=S)SSC(=S)N(C)C. The fourth-order valence-electron chi connectivity index (χ4n) is 2.87. The van der Waals surface area contributed by atoms with Gasteiger partial charge < -0.3 is 14.9 Å². The maximum absolute atomic E-state index is 10.3. The van der Waals surface area contributed by atoms with Gasteiger partial charge in [0.05, 0.1) is 0 Å². The van der Waals surface area contributed by atoms with E-state index in [2.05, 4.69) is 6.92 Å². The van der Waals surface area contributed by atoms with Crippen LogP contribution in [0.3, 0.4) is 0 Å². The lowest BCUT2D eigenvalue weighted by Crippen LogP contribution is -2.18. The van der Waals surface area contributed by atoms with Gasteiger partial charge in [-0.15, -0.1) is 0 Å². The summed E-state index contributed by atoms with van der Waals surface area (Å²) in [6, 6.07) is 0. The highest BCUT2D eigenvalue weighted by Gasteiger charge is 2.05. The highest BCUT2D eigenvalue weighted by molar-refractivity contribution is 8.89. The third kappa shape index (κ3) is 28.0. The van der Waals surface area contributed by atoms with Gasteiger partial charge in [0.1, 0.15) is 8.64 Å². The van der Waals surface area contributed by atoms with Gasteiger partial charge in [0.15, 0.2) is 0 Å². The Kier molecular flexibility index (Phi) is 27.3. The van der Waals surface area contributed by atoms with Crippen LogP contribution in [0, 0.1) is 0 Å². The van der Waals surface area contributed by atoms with Crippen molar-refractivity contribution in [2.24, 2.45) is 0 Å². The molecule has 8 heteroatoms. The molecule has 0 aliphatic heterocycles. The molecule has 32 heavy (non-hydrogen) atoms. The van der Waals surface area contributed by atoms with Gasteiger partial charge in [0.25, 0.3) is 0 Å². The molecule has 0 amide bonds. The number of rotatable bonds is 16. The van der Waals surface area contributed by atoms with E-state index in [1.165, 1.54) is 105 Å². The average molecular weight is 525 g/mol. The first-order valence-electron chi connectivity index (χ1n) is 12.2. The molecule has 0 aromatic rings. The molecule has 0 fully saturated rings. The molecule has 0 aromatic carbocycles. The lowest BCUT2D eigenvalue weighted by Gasteiger charge is -2.15. The van der Waals surface area contributed by atoms with Gasteiger partial charge in [0, 0.05) is 34.6 Å². The molecule has 0 aliphatic rings. The molecule has 4 nitrogen and oxygen atoms in total. The lowest BCUT2D eigenvalue weighted by atomic mass is 10.0. The summed E-state index contributed by atoms with van der Waals surface area (Å²) < 4.78 is 1.67. The number of unbranched alkanes of at least 4 members (excludes halogenated alkanes) is 14. The first kappa shape index (κ1) is 34.1. The van der Waals surface area contributed by atoms with Crippen molar-refractivity contribution in [3.05, 3.63) is 0 Å². The van der Waals surface area contributed by atoms with Gasteiger partial charge in [-0.25, -0.2) is 0 Å². The summed E-state index contributed by atoms with van der Waals surface area (Å²) >= 11 is 10.1. The van der Waals surface area contributed by atoms with Crippen LogP contribution in [0.15, 0.2) is 0 Å². The second-order valence-electron chi connectivity index (χ2n) is 8.58. The third-order valence-electron chi connectivity index (χ3n) is 4.91. The molecule has 0 aliphatic carbocycles. The summed E-state index contributed by atoms with van der Waals surface area (Å²) in [6.45, 7) is 2.27. The Balaban J connectivity index is 0. The van der Waals surface area contributed by atoms with Crippen molar-refractivity contribution in [2.75, 3.05) is 28.2 Å². The van der Waals surface area contributed by atoms with Gasteiger partial charge in [-0.05, 0) is 28.0 Å². The topological polar surface area (TPSA) is 43.8 Å². The molecule has 0 atom stereocenters. The van der Waals surface area contributed by atoms with Crippen LogP contribution in [0.1, 0.15) is 110 Å². The van der Waals surface area contributed by atoms with E-state index in [4.69, 9.17) is 29.5 Å². The molecule has 0 bridgehead atoms. The second kappa shape index (κ2) is 25.6. The standard InChI is InChI=1S/C18H36O2.C6H12N2S4/c1-2-3-4-5-6-7-8-9-10-11-12-13-14-15-16-17-18(19)20;1-7(2)5(9)11-12-6(10)8(3)4/h2-17H2,1H3,(H,19,20);1-4H3. The van der Waals surface area contributed by atoms with E-state index in [1.807, 2.05) is 38.0 Å². The largest absolute Gasteiger partial charge is 0.481 e. The Morgan fingerprint density at radius 1 is 0.625 bits per heavy atom. The fourth-order valence-corrected chi connectivity index (χ4v) is 5.24. The summed E-state index contributed by atoms with van der Waals surface area (Å²) in [4.78, 5) is 14.1. The Labute approximate surface area is 217 Å². The van der Waals surface area contributed by atoms with Crippen molar-refractivity contribution >= 4 is 60.6 Å². The Morgan fingerprint density at radius 3 is 1.16 bits per heavy atom. The molecule has 0 heterocycles. The Morgan fingerprint density at radius 2 is 0.906 bits per heavy atom. The summed E-state index contributed by atoms with van der Waals surface area (Å²) in [7, 11) is 10.7. The van der Waals surface area contributed by atoms with E-state index in [1.54, 1.807) is 0 Å². The van der Waals surface area contributed by atoms with Crippen molar-refractivity contribution in [1.82, 2.24) is 9.80 Å². The van der Waals surface area contributed by atoms with Crippen molar-refractivity contribution in [3.8, 4) is 0 Å². The van der Waals surface area contributed by atoms with Crippen LogP contribution < -0.4 is 0 Å². The summed E-state index contributed by atoms with van der Waals surface area (Å²) in [5, 5.41) is 8.52.